The molecule has 0 radical (unpaired) electrons. The Labute approximate surface area is 136 Å². The van der Waals surface area contributed by atoms with Gasteiger partial charge in [0.05, 0.1) is 0 Å². The van der Waals surface area contributed by atoms with Crippen LogP contribution in [0.15, 0.2) is 36.5 Å². The Morgan fingerprint density at radius 2 is 1.68 bits per heavy atom. The molecule has 1 aromatic heterocycles. The number of aromatic nitrogens is 2. The molecule has 0 bridgehead atoms. The number of nitrogens with zero attached hydrogens (tertiary/aromatic N) is 2. The monoisotopic (exact) mass is 368 g/mol. The van der Waals surface area contributed by atoms with Gasteiger partial charge >= 0.3 is 18.5 Å². The van der Waals surface area contributed by atoms with Crippen LogP contribution >= 0.6 is 0 Å². The highest BCUT2D eigenvalue weighted by molar-refractivity contribution is 5.69. The molecule has 0 N–H and O–H groups in total. The van der Waals surface area contributed by atoms with Gasteiger partial charge in [0.25, 0.3) is 0 Å². The van der Waals surface area contributed by atoms with E-state index in [-0.39, 0.29) is 6.61 Å². The van der Waals surface area contributed by atoms with E-state index >= 15 is 0 Å². The average molecular weight is 368 g/mol. The third-order valence-electron chi connectivity index (χ3n) is 2.78. The minimum absolute atomic E-state index is 0.265. The van der Waals surface area contributed by atoms with E-state index in [1.54, 1.807) is 0 Å². The number of esters is 1. The smallest absolute Gasteiger partial charge is 0.459 e. The van der Waals surface area contributed by atoms with Crippen molar-refractivity contribution in [3.63, 3.8) is 0 Å². The Morgan fingerprint density at radius 1 is 1.04 bits per heavy atom. The second-order valence-corrected chi connectivity index (χ2v) is 4.75. The van der Waals surface area contributed by atoms with Gasteiger partial charge in [-0.1, -0.05) is 12.1 Å². The van der Waals surface area contributed by atoms with Crippen LogP contribution in [0.3, 0.4) is 0 Å². The van der Waals surface area contributed by atoms with Gasteiger partial charge in [0.2, 0.25) is 0 Å². The number of halogens is 6. The molecule has 0 saturated heterocycles. The first-order valence-electron chi connectivity index (χ1n) is 6.64. The number of carbonyl (C=O) groups excluding carboxylic acids is 1. The van der Waals surface area contributed by atoms with E-state index in [0.29, 0.717) is 11.6 Å². The lowest BCUT2D eigenvalue weighted by Gasteiger charge is -2.09. The van der Waals surface area contributed by atoms with E-state index in [4.69, 9.17) is 4.74 Å². The quantitative estimate of drug-likeness (QED) is 0.598. The topological polar surface area (TPSA) is 53.4 Å². The summed E-state index contributed by atoms with van der Waals surface area (Å²) >= 11 is 0. The third kappa shape index (κ3) is 6.01. The minimum atomic E-state index is -4.81. The average Bonchev–Trinajstić information content (AvgIpc) is 2.93. The molecule has 2 aromatic rings. The van der Waals surface area contributed by atoms with E-state index in [1.807, 2.05) is 0 Å². The summed E-state index contributed by atoms with van der Waals surface area (Å²) in [5.41, 5.74) is -0.764. The van der Waals surface area contributed by atoms with Crippen molar-refractivity contribution in [2.45, 2.75) is 25.7 Å². The first-order valence-corrected chi connectivity index (χ1v) is 6.64. The molecule has 11 heteroatoms. The molecule has 0 aliphatic carbocycles. The van der Waals surface area contributed by atoms with Crippen molar-refractivity contribution in [3.05, 3.63) is 47.8 Å². The molecular weight excluding hydrogens is 358 g/mol. The van der Waals surface area contributed by atoms with Crippen LogP contribution in [0.1, 0.15) is 11.3 Å². The fraction of sp³-hybridized carbons (Fsp3) is 0.286. The van der Waals surface area contributed by atoms with Crippen molar-refractivity contribution in [1.29, 1.82) is 0 Å². The number of alkyl halides is 6. The molecule has 0 fully saturated rings. The van der Waals surface area contributed by atoms with Crippen molar-refractivity contribution in [3.8, 4) is 5.75 Å². The van der Waals surface area contributed by atoms with Gasteiger partial charge in [0.15, 0.2) is 5.69 Å². The molecule has 5 nitrogen and oxygen atoms in total. The summed E-state index contributed by atoms with van der Waals surface area (Å²) < 4.78 is 82.4. The van der Waals surface area contributed by atoms with Crippen molar-refractivity contribution in [2.75, 3.05) is 0 Å². The first-order chi connectivity index (χ1) is 11.5. The molecule has 0 unspecified atom stereocenters. The number of hydrogen-bond acceptors (Lipinski definition) is 4. The zero-order valence-electron chi connectivity index (χ0n) is 12.3. The van der Waals surface area contributed by atoms with Crippen LogP contribution < -0.4 is 4.74 Å². The molecule has 1 aromatic carbocycles. The minimum Gasteiger partial charge on any atom is -0.459 e. The zero-order chi connectivity index (χ0) is 18.7. The van der Waals surface area contributed by atoms with E-state index < -0.39 is 36.5 Å². The largest absolute Gasteiger partial charge is 0.573 e. The molecule has 1 heterocycles. The van der Waals surface area contributed by atoms with Gasteiger partial charge in [-0.2, -0.15) is 18.3 Å². The predicted molar refractivity (Wildman–Crippen MR) is 70.2 cm³/mol. The van der Waals surface area contributed by atoms with Gasteiger partial charge in [-0.15, -0.1) is 13.2 Å². The van der Waals surface area contributed by atoms with Crippen LogP contribution in [0.4, 0.5) is 26.3 Å². The Balaban J connectivity index is 1.84. The summed E-state index contributed by atoms with van der Waals surface area (Å²) in [6, 6.07) is 5.31. The van der Waals surface area contributed by atoms with Gasteiger partial charge in [-0.25, -0.2) is 0 Å². The molecule has 0 amide bonds. The fourth-order valence-corrected chi connectivity index (χ4v) is 1.73. The lowest BCUT2D eigenvalue weighted by molar-refractivity contribution is -0.274. The Kier molecular flexibility index (Phi) is 5.24. The number of carbonyl (C=O) groups is 1. The van der Waals surface area contributed by atoms with Crippen LogP contribution in [0, 0.1) is 0 Å². The number of ether oxygens (including phenoxy) is 2. The van der Waals surface area contributed by atoms with Gasteiger partial charge in [0, 0.05) is 6.20 Å². The summed E-state index contributed by atoms with van der Waals surface area (Å²) in [6.45, 7) is -0.802. The van der Waals surface area contributed by atoms with Crippen molar-refractivity contribution >= 4 is 5.97 Å². The number of benzene rings is 1. The molecule has 0 atom stereocenters. The van der Waals surface area contributed by atoms with Gasteiger partial charge in [-0.05, 0) is 23.8 Å². The van der Waals surface area contributed by atoms with Crippen LogP contribution in [-0.2, 0) is 28.9 Å². The van der Waals surface area contributed by atoms with E-state index in [9.17, 15) is 31.1 Å². The normalized spacial score (nSPS) is 12.1. The summed E-state index contributed by atoms with van der Waals surface area (Å²) in [5.74, 6) is -1.29. The maximum absolute atomic E-state index is 12.4. The molecular formula is C14H10F6N2O3. The maximum atomic E-state index is 12.4. The van der Waals surface area contributed by atoms with Crippen molar-refractivity contribution < 1.29 is 40.6 Å². The number of rotatable bonds is 5. The third-order valence-corrected chi connectivity index (χ3v) is 2.78. The SMILES string of the molecule is O=C(Cn1ccc(C(F)(F)F)n1)OCc1ccc(OC(F)(F)F)cc1. The van der Waals surface area contributed by atoms with Crippen LogP contribution in [0.25, 0.3) is 0 Å². The lowest BCUT2D eigenvalue weighted by Crippen LogP contribution is -2.17. The summed E-state index contributed by atoms with van der Waals surface area (Å²) in [7, 11) is 0. The van der Waals surface area contributed by atoms with Crippen LogP contribution in [-0.4, -0.2) is 22.1 Å². The molecule has 136 valence electrons. The van der Waals surface area contributed by atoms with E-state index in [2.05, 4.69) is 9.84 Å². The molecule has 0 aliphatic heterocycles. The Bertz CT molecular complexity index is 721. The molecule has 0 saturated carbocycles. The van der Waals surface area contributed by atoms with Gasteiger partial charge in [0.1, 0.15) is 18.9 Å². The summed E-state index contributed by atoms with van der Waals surface area (Å²) in [4.78, 5) is 11.6. The highest BCUT2D eigenvalue weighted by Gasteiger charge is 2.33. The maximum Gasteiger partial charge on any atom is 0.573 e. The Morgan fingerprint density at radius 3 is 2.20 bits per heavy atom. The summed E-state index contributed by atoms with van der Waals surface area (Å²) in [6.07, 6.45) is -8.45. The molecule has 2 rings (SSSR count). The standard InChI is InChI=1S/C14H10F6N2O3/c15-13(16,17)11-5-6-22(21-11)7-12(23)24-8-9-1-3-10(4-2-9)25-14(18,19)20/h1-6H,7-8H2. The molecule has 25 heavy (non-hydrogen) atoms. The van der Waals surface area contributed by atoms with Crippen molar-refractivity contribution in [1.82, 2.24) is 9.78 Å². The first kappa shape index (κ1) is 18.6. The molecule has 0 spiro atoms. The number of hydrogen-bond donors (Lipinski definition) is 0. The van der Waals surface area contributed by atoms with Crippen LogP contribution in [0.2, 0.25) is 0 Å². The molecule has 0 aliphatic rings. The predicted octanol–water partition coefficient (Wildman–Crippen LogP) is 3.54. The highest BCUT2D eigenvalue weighted by Crippen LogP contribution is 2.27. The second kappa shape index (κ2) is 7.03. The van der Waals surface area contributed by atoms with Crippen LogP contribution in [0.5, 0.6) is 5.75 Å². The second-order valence-electron chi connectivity index (χ2n) is 4.75. The summed E-state index contributed by atoms with van der Waals surface area (Å²) in [5, 5.41) is 3.19. The lowest BCUT2D eigenvalue weighted by atomic mass is 10.2. The zero-order valence-corrected chi connectivity index (χ0v) is 12.3. The highest BCUT2D eigenvalue weighted by atomic mass is 19.4. The van der Waals surface area contributed by atoms with Gasteiger partial charge < -0.3 is 9.47 Å². The van der Waals surface area contributed by atoms with Crippen molar-refractivity contribution in [2.24, 2.45) is 0 Å². The van der Waals surface area contributed by atoms with Gasteiger partial charge in [-0.3, -0.25) is 9.48 Å². The fourth-order valence-electron chi connectivity index (χ4n) is 1.73. The van der Waals surface area contributed by atoms with E-state index in [1.165, 1.54) is 12.1 Å². The Hall–Kier alpha value is -2.72. The van der Waals surface area contributed by atoms with E-state index in [0.717, 1.165) is 23.0 Å².